The number of aromatic nitrogens is 2. The van der Waals surface area contributed by atoms with E-state index in [1.54, 1.807) is 6.20 Å². The molecular formula is C15H24N4O. The maximum Gasteiger partial charge on any atom is 0.257 e. The van der Waals surface area contributed by atoms with E-state index in [1.165, 1.54) is 18.5 Å². The zero-order valence-corrected chi connectivity index (χ0v) is 12.4. The summed E-state index contributed by atoms with van der Waals surface area (Å²) in [6.07, 6.45) is 5.24. The zero-order valence-electron chi connectivity index (χ0n) is 12.4. The molecular weight excluding hydrogens is 252 g/mol. The Labute approximate surface area is 120 Å². The third kappa shape index (κ3) is 2.46. The minimum Gasteiger partial charge on any atom is -0.336 e. The van der Waals surface area contributed by atoms with E-state index in [0.717, 1.165) is 38.2 Å². The number of carbonyl (C=O) groups is 1. The minimum atomic E-state index is 0.169. The van der Waals surface area contributed by atoms with Crippen LogP contribution in [-0.2, 0) is 0 Å². The molecule has 1 N–H and O–H groups in total. The highest BCUT2D eigenvalue weighted by atomic mass is 16.2. The highest BCUT2D eigenvalue weighted by molar-refractivity contribution is 5.95. The van der Waals surface area contributed by atoms with Gasteiger partial charge in [0.1, 0.15) is 0 Å². The number of carbonyl (C=O) groups excluding carboxylic acids is 1. The van der Waals surface area contributed by atoms with Gasteiger partial charge in [0.15, 0.2) is 0 Å². The van der Waals surface area contributed by atoms with Crippen LogP contribution in [0.15, 0.2) is 6.20 Å². The molecule has 5 nitrogen and oxygen atoms in total. The number of rotatable bonds is 4. The lowest BCUT2D eigenvalue weighted by molar-refractivity contribution is 0.0734. The van der Waals surface area contributed by atoms with Gasteiger partial charge in [0.05, 0.1) is 17.5 Å². The molecule has 1 aromatic rings. The van der Waals surface area contributed by atoms with Gasteiger partial charge in [-0.25, -0.2) is 0 Å². The van der Waals surface area contributed by atoms with Crippen LogP contribution >= 0.6 is 0 Å². The van der Waals surface area contributed by atoms with Crippen LogP contribution in [0.5, 0.6) is 0 Å². The molecule has 110 valence electrons. The monoisotopic (exact) mass is 276 g/mol. The average Bonchev–Trinajstić information content (AvgIpc) is 3.25. The Morgan fingerprint density at radius 3 is 2.75 bits per heavy atom. The van der Waals surface area contributed by atoms with Crippen molar-refractivity contribution in [2.45, 2.75) is 45.1 Å². The molecule has 1 saturated heterocycles. The van der Waals surface area contributed by atoms with Crippen molar-refractivity contribution in [1.82, 2.24) is 20.0 Å². The van der Waals surface area contributed by atoms with Gasteiger partial charge >= 0.3 is 0 Å². The van der Waals surface area contributed by atoms with E-state index in [2.05, 4.69) is 28.9 Å². The van der Waals surface area contributed by atoms with Crippen LogP contribution in [-0.4, -0.2) is 46.8 Å². The number of piperazine rings is 1. The molecule has 0 bridgehead atoms. The largest absolute Gasteiger partial charge is 0.336 e. The van der Waals surface area contributed by atoms with Crippen LogP contribution in [0.3, 0.4) is 0 Å². The summed E-state index contributed by atoms with van der Waals surface area (Å²) in [5.74, 6) is 0.719. The Kier molecular flexibility index (Phi) is 3.78. The van der Waals surface area contributed by atoms with Gasteiger partial charge < -0.3 is 10.2 Å². The Morgan fingerprint density at radius 2 is 2.15 bits per heavy atom. The Balaban J connectivity index is 1.88. The molecule has 2 heterocycles. The summed E-state index contributed by atoms with van der Waals surface area (Å²) in [5.41, 5.74) is 2.03. The number of amides is 1. The molecule has 1 amide bonds. The standard InChI is InChI=1S/C15H24N4O/c1-3-11(2)19-14(12-4-5-12)13(10-17-19)15(20)18-8-6-16-7-9-18/h10-12,16H,3-9H2,1-2H3/t11-/m0/s1. The van der Waals surface area contributed by atoms with E-state index in [-0.39, 0.29) is 5.91 Å². The minimum absolute atomic E-state index is 0.169. The van der Waals surface area contributed by atoms with Gasteiger partial charge in [-0.3, -0.25) is 9.48 Å². The highest BCUT2D eigenvalue weighted by Crippen LogP contribution is 2.43. The quantitative estimate of drug-likeness (QED) is 0.912. The predicted molar refractivity (Wildman–Crippen MR) is 78.0 cm³/mol. The van der Waals surface area contributed by atoms with Crippen molar-refractivity contribution < 1.29 is 4.79 Å². The lowest BCUT2D eigenvalue weighted by Gasteiger charge is -2.27. The number of hydrogen-bond donors (Lipinski definition) is 1. The highest BCUT2D eigenvalue weighted by Gasteiger charge is 2.34. The third-order valence-electron chi connectivity index (χ3n) is 4.44. The first-order valence-corrected chi connectivity index (χ1v) is 7.79. The van der Waals surface area contributed by atoms with E-state index in [9.17, 15) is 4.79 Å². The number of nitrogens with one attached hydrogen (secondary N) is 1. The molecule has 0 spiro atoms. The van der Waals surface area contributed by atoms with Crippen molar-refractivity contribution in [1.29, 1.82) is 0 Å². The van der Waals surface area contributed by atoms with Crippen molar-refractivity contribution in [3.63, 3.8) is 0 Å². The second-order valence-electron chi connectivity index (χ2n) is 5.96. The van der Waals surface area contributed by atoms with Crippen LogP contribution in [0.1, 0.15) is 61.1 Å². The molecule has 20 heavy (non-hydrogen) atoms. The van der Waals surface area contributed by atoms with Gasteiger partial charge in [-0.1, -0.05) is 6.92 Å². The van der Waals surface area contributed by atoms with Gasteiger partial charge in [-0.2, -0.15) is 5.10 Å². The van der Waals surface area contributed by atoms with Crippen LogP contribution in [0.25, 0.3) is 0 Å². The van der Waals surface area contributed by atoms with Crippen LogP contribution in [0.4, 0.5) is 0 Å². The summed E-state index contributed by atoms with van der Waals surface area (Å²) in [5, 5.41) is 7.81. The molecule has 2 aliphatic rings. The van der Waals surface area contributed by atoms with E-state index < -0.39 is 0 Å². The average molecular weight is 276 g/mol. The summed E-state index contributed by atoms with van der Waals surface area (Å²) in [4.78, 5) is 14.7. The molecule has 1 aliphatic heterocycles. The SMILES string of the molecule is CC[C@H](C)n1ncc(C(=O)N2CCNCC2)c1C1CC1. The van der Waals surface area contributed by atoms with Gasteiger partial charge in [0, 0.05) is 38.1 Å². The van der Waals surface area contributed by atoms with Crippen LogP contribution in [0, 0.1) is 0 Å². The van der Waals surface area contributed by atoms with Crippen LogP contribution in [0.2, 0.25) is 0 Å². The Hall–Kier alpha value is -1.36. The lowest BCUT2D eigenvalue weighted by Crippen LogP contribution is -2.46. The summed E-state index contributed by atoms with van der Waals surface area (Å²) in [6, 6.07) is 0.371. The summed E-state index contributed by atoms with van der Waals surface area (Å²) in [7, 11) is 0. The molecule has 1 saturated carbocycles. The molecule has 5 heteroatoms. The van der Waals surface area contributed by atoms with E-state index in [0.29, 0.717) is 12.0 Å². The zero-order chi connectivity index (χ0) is 14.1. The normalized spacial score (nSPS) is 21.0. The van der Waals surface area contributed by atoms with E-state index in [4.69, 9.17) is 0 Å². The van der Waals surface area contributed by atoms with Crippen molar-refractivity contribution in [3.05, 3.63) is 17.5 Å². The lowest BCUT2D eigenvalue weighted by atomic mass is 10.1. The third-order valence-corrected chi connectivity index (χ3v) is 4.44. The van der Waals surface area contributed by atoms with E-state index in [1.807, 2.05) is 4.90 Å². The molecule has 1 atom stereocenters. The molecule has 1 aromatic heterocycles. The summed E-state index contributed by atoms with van der Waals surface area (Å²) >= 11 is 0. The predicted octanol–water partition coefficient (Wildman–Crippen LogP) is 1.78. The first kappa shape index (κ1) is 13.6. The molecule has 0 radical (unpaired) electrons. The Bertz CT molecular complexity index is 486. The topological polar surface area (TPSA) is 50.2 Å². The molecule has 1 aliphatic carbocycles. The first-order valence-electron chi connectivity index (χ1n) is 7.79. The Morgan fingerprint density at radius 1 is 1.45 bits per heavy atom. The van der Waals surface area contributed by atoms with Crippen molar-refractivity contribution in [3.8, 4) is 0 Å². The molecule has 0 unspecified atom stereocenters. The maximum absolute atomic E-state index is 12.7. The fourth-order valence-electron chi connectivity index (χ4n) is 2.86. The van der Waals surface area contributed by atoms with Gasteiger partial charge in [-0.15, -0.1) is 0 Å². The number of hydrogen-bond acceptors (Lipinski definition) is 3. The smallest absolute Gasteiger partial charge is 0.257 e. The van der Waals surface area contributed by atoms with Crippen molar-refractivity contribution in [2.75, 3.05) is 26.2 Å². The summed E-state index contributed by atoms with van der Waals surface area (Å²) in [6.45, 7) is 7.74. The van der Waals surface area contributed by atoms with Gasteiger partial charge in [0.2, 0.25) is 0 Å². The second kappa shape index (κ2) is 5.56. The second-order valence-corrected chi connectivity index (χ2v) is 5.96. The first-order chi connectivity index (χ1) is 9.72. The fraction of sp³-hybridized carbons (Fsp3) is 0.733. The number of nitrogens with zero attached hydrogens (tertiary/aromatic N) is 3. The summed E-state index contributed by atoms with van der Waals surface area (Å²) < 4.78 is 2.09. The molecule has 0 aromatic carbocycles. The van der Waals surface area contributed by atoms with Crippen molar-refractivity contribution >= 4 is 5.91 Å². The van der Waals surface area contributed by atoms with Crippen LogP contribution < -0.4 is 5.32 Å². The van der Waals surface area contributed by atoms with Gasteiger partial charge in [0.25, 0.3) is 5.91 Å². The van der Waals surface area contributed by atoms with E-state index >= 15 is 0 Å². The molecule has 3 rings (SSSR count). The fourth-order valence-corrected chi connectivity index (χ4v) is 2.86. The maximum atomic E-state index is 12.7. The van der Waals surface area contributed by atoms with Gasteiger partial charge in [-0.05, 0) is 26.2 Å². The molecule has 2 fully saturated rings. The van der Waals surface area contributed by atoms with Crippen molar-refractivity contribution in [2.24, 2.45) is 0 Å².